The molecular weight excluding hydrogens is 566 g/mol. The van der Waals surface area contributed by atoms with Crippen LogP contribution in [0, 0.1) is 5.92 Å². The molecule has 5 rings (SSSR count). The number of alkyl halides is 1. The first-order valence-electron chi connectivity index (χ1n) is 13.9. The zero-order chi connectivity index (χ0) is 28.9. The molecule has 218 valence electrons. The molecule has 2 aliphatic heterocycles. The second-order valence-corrected chi connectivity index (χ2v) is 11.8. The molecule has 0 bridgehead atoms. The van der Waals surface area contributed by atoms with Crippen molar-refractivity contribution in [1.82, 2.24) is 20.2 Å². The first kappa shape index (κ1) is 29.5. The maximum absolute atomic E-state index is 14.1. The van der Waals surface area contributed by atoms with Crippen LogP contribution in [0.5, 0.6) is 11.6 Å². The third kappa shape index (κ3) is 8.07. The number of aromatic nitrogens is 2. The quantitative estimate of drug-likeness (QED) is 0.354. The molecule has 2 atom stereocenters. The average molecular weight is 602 g/mol. The van der Waals surface area contributed by atoms with Crippen molar-refractivity contribution in [2.24, 2.45) is 11.7 Å². The topological polar surface area (TPSA) is 96.6 Å². The lowest BCUT2D eigenvalue weighted by molar-refractivity contribution is -0.119. The summed E-state index contributed by atoms with van der Waals surface area (Å²) in [4.78, 5) is 24.8. The van der Waals surface area contributed by atoms with Gasteiger partial charge < -0.3 is 20.7 Å². The number of carbonyl (C=O) groups excluding carboxylic acids is 1. The van der Waals surface area contributed by atoms with Gasteiger partial charge in [-0.05, 0) is 80.2 Å². The molecule has 2 aliphatic rings. The molecule has 0 saturated carbocycles. The fourth-order valence-electron chi connectivity index (χ4n) is 5.32. The summed E-state index contributed by atoms with van der Waals surface area (Å²) in [5, 5.41) is 3.99. The van der Waals surface area contributed by atoms with Crippen LogP contribution in [0.15, 0.2) is 48.7 Å². The smallest absolute Gasteiger partial charge is 0.220 e. The predicted octanol–water partition coefficient (Wildman–Crippen LogP) is 5.47. The Morgan fingerprint density at radius 2 is 1.85 bits per heavy atom. The molecule has 1 amide bonds. The number of piperidine rings is 2. The van der Waals surface area contributed by atoms with E-state index in [0.717, 1.165) is 50.1 Å². The van der Waals surface area contributed by atoms with Crippen LogP contribution in [0.3, 0.4) is 0 Å². The number of hydrogen-bond donors (Lipinski definition) is 2. The first-order chi connectivity index (χ1) is 19.7. The van der Waals surface area contributed by atoms with Gasteiger partial charge in [0.15, 0.2) is 0 Å². The molecule has 3 N–H and O–H groups in total. The maximum atomic E-state index is 14.1. The van der Waals surface area contributed by atoms with E-state index in [1.54, 1.807) is 19.2 Å². The zero-order valence-corrected chi connectivity index (χ0v) is 24.5. The lowest BCUT2D eigenvalue weighted by atomic mass is 9.96. The van der Waals surface area contributed by atoms with Crippen LogP contribution in [0.1, 0.15) is 31.7 Å². The van der Waals surface area contributed by atoms with E-state index in [4.69, 9.17) is 38.7 Å². The number of nitrogens with one attached hydrogen (secondary N) is 1. The summed E-state index contributed by atoms with van der Waals surface area (Å²) >= 11 is 12.6. The molecule has 0 radical (unpaired) electrons. The van der Waals surface area contributed by atoms with E-state index in [1.165, 1.54) is 0 Å². The number of ether oxygens (including phenoxy) is 1. The van der Waals surface area contributed by atoms with Crippen LogP contribution < -0.4 is 20.7 Å². The van der Waals surface area contributed by atoms with Crippen molar-refractivity contribution in [3.05, 3.63) is 64.3 Å². The summed E-state index contributed by atoms with van der Waals surface area (Å²) < 4.78 is 20.3. The molecular formula is C30H35Cl2FN6O2. The van der Waals surface area contributed by atoms with Crippen molar-refractivity contribution in [3.8, 4) is 22.9 Å². The molecule has 2 unspecified atom stereocenters. The molecule has 4 heterocycles. The summed E-state index contributed by atoms with van der Waals surface area (Å²) in [6.45, 7) is 5.77. The second-order valence-electron chi connectivity index (χ2n) is 10.9. The number of anilines is 1. The van der Waals surface area contributed by atoms with Crippen molar-refractivity contribution in [1.29, 1.82) is 0 Å². The number of nitrogens with two attached hydrogens (primary N) is 1. The van der Waals surface area contributed by atoms with Gasteiger partial charge in [0.25, 0.3) is 0 Å². The minimum Gasteiger partial charge on any atom is -0.437 e. The highest BCUT2D eigenvalue weighted by atomic mass is 35.5. The highest BCUT2D eigenvalue weighted by molar-refractivity contribution is 6.35. The van der Waals surface area contributed by atoms with Gasteiger partial charge in [-0.25, -0.2) is 14.4 Å². The number of rotatable bonds is 8. The Bertz CT molecular complexity index is 1330. The number of likely N-dealkylation sites (tertiary alicyclic amines) is 1. The molecule has 8 nitrogen and oxygen atoms in total. The summed E-state index contributed by atoms with van der Waals surface area (Å²) in [5.41, 5.74) is 8.36. The minimum atomic E-state index is -1.07. The van der Waals surface area contributed by atoms with Crippen molar-refractivity contribution in [2.75, 3.05) is 37.6 Å². The lowest BCUT2D eigenvalue weighted by Gasteiger charge is -2.33. The van der Waals surface area contributed by atoms with Crippen molar-refractivity contribution in [2.45, 2.75) is 44.9 Å². The standard InChI is InChI=1S/C30H35Cl2FN6O2/c1-19(40)35-15-20-4-7-38(8-5-20)17-21-10-28(22-12-23(31)14-24(32)13-22)37-30(11-21)41-25-2-3-29(36-16-25)39-9-6-27(34)26(33)18-39/h2-3,10-14,16,20,26-27H,4-9,15,17-18,34H2,1H3,(H,35,40). The van der Waals surface area contributed by atoms with E-state index in [-0.39, 0.29) is 12.5 Å². The van der Waals surface area contributed by atoms with Gasteiger partial charge in [-0.1, -0.05) is 23.2 Å². The van der Waals surface area contributed by atoms with Gasteiger partial charge in [0.05, 0.1) is 18.4 Å². The van der Waals surface area contributed by atoms with E-state index in [1.807, 2.05) is 41.3 Å². The monoisotopic (exact) mass is 600 g/mol. The van der Waals surface area contributed by atoms with Crippen LogP contribution in [0.25, 0.3) is 11.3 Å². The number of nitrogens with zero attached hydrogens (tertiary/aromatic N) is 4. The van der Waals surface area contributed by atoms with Crippen molar-refractivity contribution in [3.63, 3.8) is 0 Å². The van der Waals surface area contributed by atoms with Crippen LogP contribution in [-0.2, 0) is 11.3 Å². The van der Waals surface area contributed by atoms with Crippen LogP contribution in [-0.4, -0.2) is 65.7 Å². The number of benzene rings is 1. The number of pyridine rings is 2. The van der Waals surface area contributed by atoms with Crippen LogP contribution in [0.4, 0.5) is 10.2 Å². The molecule has 0 aliphatic carbocycles. The van der Waals surface area contributed by atoms with Gasteiger partial charge in [0.2, 0.25) is 11.8 Å². The highest BCUT2D eigenvalue weighted by Crippen LogP contribution is 2.31. The van der Waals surface area contributed by atoms with Crippen molar-refractivity contribution < 1.29 is 13.9 Å². The normalized spacial score (nSPS) is 20.2. The number of amides is 1. The Hall–Kier alpha value is -2.98. The Kier molecular flexibility index (Phi) is 9.60. The van der Waals surface area contributed by atoms with Crippen LogP contribution >= 0.6 is 23.2 Å². The lowest BCUT2D eigenvalue weighted by Crippen LogP contribution is -2.48. The SMILES string of the molecule is CC(=O)NCC1CCN(Cc2cc(Oc3ccc(N4CCC(N)C(F)C4)nc3)nc(-c3cc(Cl)cc(Cl)c3)c2)CC1. The van der Waals surface area contributed by atoms with E-state index in [0.29, 0.717) is 52.1 Å². The van der Waals surface area contributed by atoms with E-state index < -0.39 is 12.2 Å². The molecule has 3 aromatic rings. The molecule has 2 saturated heterocycles. The predicted molar refractivity (Wildman–Crippen MR) is 160 cm³/mol. The number of hydrogen-bond acceptors (Lipinski definition) is 7. The number of carbonyl (C=O) groups is 1. The van der Waals surface area contributed by atoms with E-state index in [9.17, 15) is 9.18 Å². The highest BCUT2D eigenvalue weighted by Gasteiger charge is 2.27. The summed E-state index contributed by atoms with van der Waals surface area (Å²) in [7, 11) is 0. The Morgan fingerprint density at radius 1 is 1.10 bits per heavy atom. The third-order valence-corrected chi connectivity index (χ3v) is 8.07. The summed E-state index contributed by atoms with van der Waals surface area (Å²) in [5.74, 6) is 2.14. The molecule has 1 aromatic carbocycles. The first-order valence-corrected chi connectivity index (χ1v) is 14.7. The average Bonchev–Trinajstić information content (AvgIpc) is 2.94. The Balaban J connectivity index is 1.33. The van der Waals surface area contributed by atoms with Gasteiger partial charge in [-0.15, -0.1) is 0 Å². The van der Waals surface area contributed by atoms with Gasteiger partial charge >= 0.3 is 0 Å². The number of halogens is 3. The summed E-state index contributed by atoms with van der Waals surface area (Å²) in [6, 6.07) is 12.5. The third-order valence-electron chi connectivity index (χ3n) is 7.63. The molecule has 0 spiro atoms. The molecule has 41 heavy (non-hydrogen) atoms. The van der Waals surface area contributed by atoms with Gasteiger partial charge in [0.1, 0.15) is 17.7 Å². The van der Waals surface area contributed by atoms with Gasteiger partial charge in [-0.2, -0.15) is 0 Å². The zero-order valence-electron chi connectivity index (χ0n) is 23.0. The largest absolute Gasteiger partial charge is 0.437 e. The van der Waals surface area contributed by atoms with Gasteiger partial charge in [0, 0.05) is 54.3 Å². The van der Waals surface area contributed by atoms with Gasteiger partial charge in [-0.3, -0.25) is 9.69 Å². The second kappa shape index (κ2) is 13.3. The minimum absolute atomic E-state index is 0.0138. The Labute approximate surface area is 250 Å². The van der Waals surface area contributed by atoms with E-state index in [2.05, 4.69) is 15.2 Å². The molecule has 11 heteroatoms. The van der Waals surface area contributed by atoms with Crippen LogP contribution in [0.2, 0.25) is 10.0 Å². The molecule has 2 aromatic heterocycles. The maximum Gasteiger partial charge on any atom is 0.220 e. The fourth-order valence-corrected chi connectivity index (χ4v) is 5.85. The van der Waals surface area contributed by atoms with Crippen molar-refractivity contribution >= 4 is 34.9 Å². The summed E-state index contributed by atoms with van der Waals surface area (Å²) in [6.07, 6.45) is 3.18. The van der Waals surface area contributed by atoms with E-state index >= 15 is 0 Å². The molecule has 2 fully saturated rings. The fraction of sp³-hybridized carbons (Fsp3) is 0.433. The Morgan fingerprint density at radius 3 is 2.51 bits per heavy atom.